The Morgan fingerprint density at radius 2 is 1.76 bits per heavy atom. The van der Waals surface area contributed by atoms with Gasteiger partial charge in [-0.2, -0.15) is 0 Å². The molecule has 0 unspecified atom stereocenters. The summed E-state index contributed by atoms with van der Waals surface area (Å²) < 4.78 is 0. The van der Waals surface area contributed by atoms with E-state index in [1.165, 1.54) is 78.4 Å². The zero-order valence-corrected chi connectivity index (χ0v) is 22.1. The number of amides is 1. The molecule has 6 aliphatic rings. The Labute approximate surface area is 211 Å². The lowest BCUT2D eigenvalue weighted by Gasteiger charge is -2.56. The van der Waals surface area contributed by atoms with Gasteiger partial charge in [0.15, 0.2) is 0 Å². The number of thiophene rings is 1. The number of hydrogen-bond acceptors (Lipinski definition) is 5. The van der Waals surface area contributed by atoms with Gasteiger partial charge in [0.25, 0.3) is 0 Å². The topological polar surface area (TPSA) is 46.1 Å². The van der Waals surface area contributed by atoms with Crippen LogP contribution in [-0.2, 0) is 23.1 Å². The molecule has 1 amide bonds. The Bertz CT molecular complexity index is 1080. The third kappa shape index (κ3) is 3.73. The molecule has 1 aliphatic heterocycles. The Morgan fingerprint density at radius 1 is 1.06 bits per heavy atom. The monoisotopic (exact) mass is 495 g/mol. The fraction of sp³-hybridized carbons (Fsp3) is 0.750. The molecule has 0 aromatic carbocycles. The number of likely N-dealkylation sites (tertiary alicyclic amines) is 1. The van der Waals surface area contributed by atoms with Crippen LogP contribution >= 0.6 is 23.1 Å². The minimum Gasteiger partial charge on any atom is -0.342 e. The second-order valence-corrected chi connectivity index (χ2v) is 14.4. The first kappa shape index (κ1) is 22.1. The van der Waals surface area contributed by atoms with Gasteiger partial charge in [-0.3, -0.25) is 4.79 Å². The molecule has 1 atom stereocenters. The van der Waals surface area contributed by atoms with Gasteiger partial charge in [-0.1, -0.05) is 18.7 Å². The van der Waals surface area contributed by atoms with Crippen molar-refractivity contribution in [2.75, 3.05) is 18.8 Å². The van der Waals surface area contributed by atoms with Crippen LogP contribution in [-0.4, -0.2) is 39.6 Å². The molecule has 0 N–H and O–H groups in total. The molecule has 4 nitrogen and oxygen atoms in total. The number of fused-ring (bicyclic) bond motifs is 3. The predicted molar refractivity (Wildman–Crippen MR) is 140 cm³/mol. The number of carbonyl (C=O) groups excluding carboxylic acids is 1. The van der Waals surface area contributed by atoms with Crippen molar-refractivity contribution in [2.45, 2.75) is 94.4 Å². The number of nitrogens with zero attached hydrogens (tertiary/aromatic N) is 3. The van der Waals surface area contributed by atoms with Crippen LogP contribution in [0.25, 0.3) is 10.2 Å². The third-order valence-electron chi connectivity index (χ3n) is 9.68. The number of thioether (sulfide) groups is 1. The van der Waals surface area contributed by atoms with Crippen molar-refractivity contribution < 1.29 is 4.79 Å². The summed E-state index contributed by atoms with van der Waals surface area (Å²) in [4.78, 5) is 28.7. The Hall–Kier alpha value is -1.14. The van der Waals surface area contributed by atoms with Gasteiger partial charge in [0.1, 0.15) is 15.7 Å². The molecule has 4 bridgehead atoms. The third-order valence-corrected chi connectivity index (χ3v) is 11.8. The minimum atomic E-state index is 0.201. The molecule has 2 aromatic heterocycles. The second kappa shape index (κ2) is 8.47. The number of rotatable bonds is 4. The van der Waals surface area contributed by atoms with Crippen LogP contribution in [0, 0.1) is 23.7 Å². The molecule has 182 valence electrons. The Morgan fingerprint density at radius 3 is 2.47 bits per heavy atom. The van der Waals surface area contributed by atoms with Gasteiger partial charge in [-0.25, -0.2) is 9.97 Å². The maximum atomic E-state index is 13.0. The van der Waals surface area contributed by atoms with Gasteiger partial charge in [0.05, 0.1) is 5.75 Å². The van der Waals surface area contributed by atoms with Crippen LogP contribution in [0.5, 0.6) is 0 Å². The average molecular weight is 496 g/mol. The van der Waals surface area contributed by atoms with E-state index in [1.54, 1.807) is 11.8 Å². The van der Waals surface area contributed by atoms with Gasteiger partial charge in [-0.15, -0.1) is 11.3 Å². The lowest BCUT2D eigenvalue weighted by atomic mass is 9.49. The molecule has 5 fully saturated rings. The first-order valence-corrected chi connectivity index (χ1v) is 15.6. The standard InChI is InChI=1S/C28H37N3OS2/c1-17-5-6-21-22(9-17)34-26-24(21)25(33-16-23(32)31-7-3-2-4-8-31)29-27(30-26)28-13-18-10-19(14-28)12-20(11-18)15-28/h17-20H,2-16H2,1H3/t17-,18?,19?,20?,28?/m0/s1. The van der Waals surface area contributed by atoms with Crippen LogP contribution in [0.1, 0.15) is 87.4 Å². The summed E-state index contributed by atoms with van der Waals surface area (Å²) in [5.41, 5.74) is 1.70. The normalized spacial score (nSPS) is 34.6. The van der Waals surface area contributed by atoms with Gasteiger partial charge in [0, 0.05) is 28.8 Å². The zero-order chi connectivity index (χ0) is 22.9. The first-order valence-electron chi connectivity index (χ1n) is 13.8. The molecule has 4 saturated carbocycles. The van der Waals surface area contributed by atoms with Crippen molar-refractivity contribution in [1.29, 1.82) is 0 Å². The van der Waals surface area contributed by atoms with E-state index < -0.39 is 0 Å². The summed E-state index contributed by atoms with van der Waals surface area (Å²) in [5, 5.41) is 2.42. The molecule has 34 heavy (non-hydrogen) atoms. The number of aromatic nitrogens is 2. The fourth-order valence-electron chi connectivity index (χ4n) is 8.40. The number of hydrogen-bond donors (Lipinski definition) is 0. The number of piperidine rings is 1. The smallest absolute Gasteiger partial charge is 0.232 e. The Balaban J connectivity index is 1.27. The maximum Gasteiger partial charge on any atom is 0.232 e. The highest BCUT2D eigenvalue weighted by Crippen LogP contribution is 2.60. The highest BCUT2D eigenvalue weighted by atomic mass is 32.2. The first-order chi connectivity index (χ1) is 16.6. The summed E-state index contributed by atoms with van der Waals surface area (Å²) in [7, 11) is 0. The molecule has 0 spiro atoms. The van der Waals surface area contributed by atoms with E-state index in [-0.39, 0.29) is 5.41 Å². The minimum absolute atomic E-state index is 0.201. The number of aryl methyl sites for hydroxylation is 1. The van der Waals surface area contributed by atoms with E-state index in [4.69, 9.17) is 9.97 Å². The average Bonchev–Trinajstić information content (AvgIpc) is 3.19. The van der Waals surface area contributed by atoms with Crippen molar-refractivity contribution in [1.82, 2.24) is 14.9 Å². The van der Waals surface area contributed by atoms with Crippen LogP contribution in [0.3, 0.4) is 0 Å². The number of carbonyl (C=O) groups is 1. The quantitative estimate of drug-likeness (QED) is 0.364. The van der Waals surface area contributed by atoms with Crippen LogP contribution in [0.2, 0.25) is 0 Å². The van der Waals surface area contributed by atoms with Crippen molar-refractivity contribution in [3.8, 4) is 0 Å². The van der Waals surface area contributed by atoms with E-state index in [0.29, 0.717) is 11.7 Å². The highest BCUT2D eigenvalue weighted by Gasteiger charge is 2.53. The highest BCUT2D eigenvalue weighted by molar-refractivity contribution is 8.00. The van der Waals surface area contributed by atoms with Gasteiger partial charge < -0.3 is 4.90 Å². The van der Waals surface area contributed by atoms with Crippen LogP contribution < -0.4 is 0 Å². The molecular weight excluding hydrogens is 458 g/mol. The van der Waals surface area contributed by atoms with Crippen molar-refractivity contribution in [3.05, 3.63) is 16.3 Å². The van der Waals surface area contributed by atoms with E-state index in [1.807, 2.05) is 11.3 Å². The molecule has 1 saturated heterocycles. The summed E-state index contributed by atoms with van der Waals surface area (Å²) in [5.74, 6) is 5.38. The molecule has 0 radical (unpaired) electrons. The summed E-state index contributed by atoms with van der Waals surface area (Å²) in [6.45, 7) is 4.25. The maximum absolute atomic E-state index is 13.0. The Kier molecular flexibility index (Phi) is 5.50. The van der Waals surface area contributed by atoms with E-state index in [0.717, 1.165) is 66.9 Å². The van der Waals surface area contributed by atoms with E-state index in [2.05, 4.69) is 11.8 Å². The van der Waals surface area contributed by atoms with Crippen molar-refractivity contribution >= 4 is 39.2 Å². The van der Waals surface area contributed by atoms with Gasteiger partial charge in [0.2, 0.25) is 5.91 Å². The lowest BCUT2D eigenvalue weighted by molar-refractivity contribution is -0.129. The predicted octanol–water partition coefficient (Wildman–Crippen LogP) is 6.39. The molecule has 6 heteroatoms. The van der Waals surface area contributed by atoms with E-state index in [9.17, 15) is 4.79 Å². The van der Waals surface area contributed by atoms with Crippen LogP contribution in [0.15, 0.2) is 5.03 Å². The molecule has 5 aliphatic carbocycles. The molecular formula is C28H37N3OS2. The van der Waals surface area contributed by atoms with E-state index >= 15 is 0 Å². The fourth-order valence-corrected chi connectivity index (χ4v) is 10.8. The molecule has 3 heterocycles. The molecule has 2 aromatic rings. The SMILES string of the molecule is C[C@H]1CCc2c(sc3nc(C45CC6CC(CC(C6)C4)C5)nc(SCC(=O)N4CCCCC4)c23)C1. The lowest BCUT2D eigenvalue weighted by Crippen LogP contribution is -2.49. The molecule has 8 rings (SSSR count). The van der Waals surface area contributed by atoms with Gasteiger partial charge >= 0.3 is 0 Å². The van der Waals surface area contributed by atoms with Gasteiger partial charge in [-0.05, 0) is 106 Å². The summed E-state index contributed by atoms with van der Waals surface area (Å²) in [6, 6.07) is 0. The zero-order valence-electron chi connectivity index (χ0n) is 20.5. The summed E-state index contributed by atoms with van der Waals surface area (Å²) in [6.07, 6.45) is 15.4. The van der Waals surface area contributed by atoms with Crippen molar-refractivity contribution in [3.63, 3.8) is 0 Å². The second-order valence-electron chi connectivity index (χ2n) is 12.3. The van der Waals surface area contributed by atoms with Crippen LogP contribution in [0.4, 0.5) is 0 Å². The van der Waals surface area contributed by atoms with Crippen molar-refractivity contribution in [2.24, 2.45) is 23.7 Å². The summed E-state index contributed by atoms with van der Waals surface area (Å²) >= 11 is 3.65. The largest absolute Gasteiger partial charge is 0.342 e.